The van der Waals surface area contributed by atoms with Crippen molar-refractivity contribution in [1.82, 2.24) is 9.97 Å². The van der Waals surface area contributed by atoms with Gasteiger partial charge < -0.3 is 10.0 Å². The molecule has 0 bridgehead atoms. The Kier molecular flexibility index (Phi) is 3.49. The van der Waals surface area contributed by atoms with Gasteiger partial charge in [-0.1, -0.05) is 25.5 Å². The number of carboxylic acids is 1. The molecule has 0 saturated carbocycles. The zero-order valence-electron chi connectivity index (χ0n) is 12.1. The van der Waals surface area contributed by atoms with Crippen LogP contribution in [0.25, 0.3) is 10.9 Å². The molecular weight excluding hydrogens is 266 g/mol. The van der Waals surface area contributed by atoms with Gasteiger partial charge >= 0.3 is 5.97 Å². The van der Waals surface area contributed by atoms with Crippen molar-refractivity contribution in [3.63, 3.8) is 0 Å². The Balaban J connectivity index is 1.96. The second kappa shape index (κ2) is 5.31. The lowest BCUT2D eigenvalue weighted by Gasteiger charge is -2.25. The number of carbonyl (C=O) groups is 1. The number of carboxylic acid groups (broad SMARTS) is 1. The number of aliphatic carboxylic acids is 1. The Labute approximate surface area is 123 Å². The molecule has 1 saturated heterocycles. The second-order valence-electron chi connectivity index (χ2n) is 5.72. The Bertz CT molecular complexity index is 668. The molecule has 2 aromatic rings. The molecule has 0 radical (unpaired) electrons. The van der Waals surface area contributed by atoms with Crippen molar-refractivity contribution in [3.05, 3.63) is 30.6 Å². The van der Waals surface area contributed by atoms with Crippen LogP contribution in [0, 0.1) is 5.41 Å². The van der Waals surface area contributed by atoms with Gasteiger partial charge in [0.2, 0.25) is 0 Å². The first kappa shape index (κ1) is 13.8. The Morgan fingerprint density at radius 2 is 2.19 bits per heavy atom. The molecule has 2 heterocycles. The molecule has 0 spiro atoms. The van der Waals surface area contributed by atoms with E-state index in [9.17, 15) is 9.90 Å². The van der Waals surface area contributed by atoms with Crippen LogP contribution in [-0.4, -0.2) is 34.1 Å². The summed E-state index contributed by atoms with van der Waals surface area (Å²) in [5, 5.41) is 10.6. The van der Waals surface area contributed by atoms with Gasteiger partial charge in [0.25, 0.3) is 0 Å². The fourth-order valence-corrected chi connectivity index (χ4v) is 3.26. The van der Waals surface area contributed by atoms with Gasteiger partial charge in [-0.05, 0) is 25.0 Å². The monoisotopic (exact) mass is 285 g/mol. The lowest BCUT2D eigenvalue weighted by atomic mass is 9.83. The third kappa shape index (κ3) is 2.33. The van der Waals surface area contributed by atoms with Gasteiger partial charge in [-0.3, -0.25) is 4.79 Å². The summed E-state index contributed by atoms with van der Waals surface area (Å²) in [6.45, 7) is 3.29. The number of hydrogen-bond acceptors (Lipinski definition) is 4. The van der Waals surface area contributed by atoms with Crippen LogP contribution in [0.1, 0.15) is 26.2 Å². The SMILES string of the molecule is CCCC1(C(=O)O)CCN(c2ncnc3ccccc23)C1. The summed E-state index contributed by atoms with van der Waals surface area (Å²) in [5.41, 5.74) is 0.256. The summed E-state index contributed by atoms with van der Waals surface area (Å²) in [7, 11) is 0. The highest BCUT2D eigenvalue weighted by Gasteiger charge is 2.44. The average molecular weight is 285 g/mol. The van der Waals surface area contributed by atoms with Crippen molar-refractivity contribution in [3.8, 4) is 0 Å². The van der Waals surface area contributed by atoms with Crippen molar-refractivity contribution in [2.24, 2.45) is 5.41 Å². The molecule has 1 atom stereocenters. The summed E-state index contributed by atoms with van der Waals surface area (Å²) in [5.74, 6) is 0.157. The van der Waals surface area contributed by atoms with E-state index in [-0.39, 0.29) is 0 Å². The molecule has 1 aliphatic heterocycles. The largest absolute Gasteiger partial charge is 0.481 e. The minimum absolute atomic E-state index is 0.525. The molecule has 1 aliphatic rings. The zero-order valence-corrected chi connectivity index (χ0v) is 12.1. The van der Waals surface area contributed by atoms with Crippen LogP contribution >= 0.6 is 0 Å². The molecule has 1 N–H and O–H groups in total. The quantitative estimate of drug-likeness (QED) is 0.935. The molecule has 21 heavy (non-hydrogen) atoms. The van der Waals surface area contributed by atoms with E-state index in [4.69, 9.17) is 0 Å². The summed E-state index contributed by atoms with van der Waals surface area (Å²) in [6.07, 6.45) is 3.82. The highest BCUT2D eigenvalue weighted by Crippen LogP contribution is 2.38. The summed E-state index contributed by atoms with van der Waals surface area (Å²) < 4.78 is 0. The fraction of sp³-hybridized carbons (Fsp3) is 0.438. The van der Waals surface area contributed by atoms with Crippen molar-refractivity contribution in [2.45, 2.75) is 26.2 Å². The maximum Gasteiger partial charge on any atom is 0.311 e. The number of hydrogen-bond donors (Lipinski definition) is 1. The van der Waals surface area contributed by atoms with Crippen LogP contribution in [0.5, 0.6) is 0 Å². The molecular formula is C16H19N3O2. The van der Waals surface area contributed by atoms with E-state index >= 15 is 0 Å². The lowest BCUT2D eigenvalue weighted by molar-refractivity contribution is -0.148. The first-order chi connectivity index (χ1) is 10.2. The van der Waals surface area contributed by atoms with E-state index in [1.165, 1.54) is 0 Å². The highest BCUT2D eigenvalue weighted by molar-refractivity contribution is 5.90. The molecule has 5 heteroatoms. The maximum absolute atomic E-state index is 11.7. The Hall–Kier alpha value is -2.17. The highest BCUT2D eigenvalue weighted by atomic mass is 16.4. The smallest absolute Gasteiger partial charge is 0.311 e. The molecule has 1 aromatic heterocycles. The third-order valence-electron chi connectivity index (χ3n) is 4.36. The van der Waals surface area contributed by atoms with Crippen molar-refractivity contribution < 1.29 is 9.90 Å². The van der Waals surface area contributed by atoms with Crippen LogP contribution in [0.4, 0.5) is 5.82 Å². The van der Waals surface area contributed by atoms with Crippen molar-refractivity contribution >= 4 is 22.7 Å². The topological polar surface area (TPSA) is 66.3 Å². The van der Waals surface area contributed by atoms with E-state index < -0.39 is 11.4 Å². The molecule has 1 fully saturated rings. The Morgan fingerprint density at radius 3 is 2.95 bits per heavy atom. The number of nitrogens with zero attached hydrogens (tertiary/aromatic N) is 3. The summed E-state index contributed by atoms with van der Waals surface area (Å²) >= 11 is 0. The van der Waals surface area contributed by atoms with Crippen molar-refractivity contribution in [2.75, 3.05) is 18.0 Å². The first-order valence-corrected chi connectivity index (χ1v) is 7.34. The molecule has 3 rings (SSSR count). The predicted molar refractivity (Wildman–Crippen MR) is 81.3 cm³/mol. The van der Waals surface area contributed by atoms with Gasteiger partial charge in [-0.2, -0.15) is 0 Å². The van der Waals surface area contributed by atoms with E-state index in [1.807, 2.05) is 31.2 Å². The number of aromatic nitrogens is 2. The minimum Gasteiger partial charge on any atom is -0.481 e. The van der Waals surface area contributed by atoms with Crippen LogP contribution < -0.4 is 4.90 Å². The zero-order chi connectivity index (χ0) is 14.9. The van der Waals surface area contributed by atoms with Crippen molar-refractivity contribution in [1.29, 1.82) is 0 Å². The standard InChI is InChI=1S/C16H19N3O2/c1-2-7-16(15(20)21)8-9-19(10-16)14-12-5-3-4-6-13(12)17-11-18-14/h3-6,11H,2,7-10H2,1H3,(H,20,21). The first-order valence-electron chi connectivity index (χ1n) is 7.34. The third-order valence-corrected chi connectivity index (χ3v) is 4.36. The predicted octanol–water partition coefficient (Wildman–Crippen LogP) is 2.71. The molecule has 0 aliphatic carbocycles. The van der Waals surface area contributed by atoms with Gasteiger partial charge in [-0.15, -0.1) is 0 Å². The van der Waals surface area contributed by atoms with Gasteiger partial charge in [0.05, 0.1) is 10.9 Å². The van der Waals surface area contributed by atoms with Gasteiger partial charge in [-0.25, -0.2) is 9.97 Å². The van der Waals surface area contributed by atoms with E-state index in [2.05, 4.69) is 14.9 Å². The van der Waals surface area contributed by atoms with Crippen LogP contribution in [0.3, 0.4) is 0 Å². The Morgan fingerprint density at radius 1 is 1.38 bits per heavy atom. The number of para-hydroxylation sites is 1. The van der Waals surface area contributed by atoms with E-state index in [1.54, 1.807) is 6.33 Å². The second-order valence-corrected chi connectivity index (χ2v) is 5.72. The molecule has 0 amide bonds. The normalized spacial score (nSPS) is 21.9. The fourth-order valence-electron chi connectivity index (χ4n) is 3.26. The van der Waals surface area contributed by atoms with Crippen LogP contribution in [0.15, 0.2) is 30.6 Å². The maximum atomic E-state index is 11.7. The van der Waals surface area contributed by atoms with Gasteiger partial charge in [0, 0.05) is 18.5 Å². The number of benzene rings is 1. The van der Waals surface area contributed by atoms with Crippen LogP contribution in [0.2, 0.25) is 0 Å². The summed E-state index contributed by atoms with van der Waals surface area (Å²) in [6, 6.07) is 7.85. The molecule has 1 aromatic carbocycles. The van der Waals surface area contributed by atoms with Crippen LogP contribution in [-0.2, 0) is 4.79 Å². The minimum atomic E-state index is -0.690. The summed E-state index contributed by atoms with van der Waals surface area (Å²) in [4.78, 5) is 22.4. The number of fused-ring (bicyclic) bond motifs is 1. The number of anilines is 1. The number of rotatable bonds is 4. The van der Waals surface area contributed by atoms with E-state index in [0.29, 0.717) is 19.4 Å². The lowest BCUT2D eigenvalue weighted by Crippen LogP contribution is -2.34. The average Bonchev–Trinajstić information content (AvgIpc) is 2.92. The van der Waals surface area contributed by atoms with Gasteiger partial charge in [0.15, 0.2) is 0 Å². The molecule has 1 unspecified atom stereocenters. The van der Waals surface area contributed by atoms with E-state index in [0.717, 1.165) is 29.7 Å². The molecule has 5 nitrogen and oxygen atoms in total. The van der Waals surface area contributed by atoms with Gasteiger partial charge in [0.1, 0.15) is 12.1 Å². The molecule has 110 valence electrons.